The Morgan fingerprint density at radius 2 is 1.83 bits per heavy atom. The van der Waals surface area contributed by atoms with Crippen LogP contribution in [0.15, 0.2) is 0 Å². The van der Waals surface area contributed by atoms with Crippen molar-refractivity contribution in [1.29, 1.82) is 0 Å². The molecule has 3 rings (SSSR count). The molecule has 0 radical (unpaired) electrons. The zero-order valence-electron chi connectivity index (χ0n) is 13.2. The molecule has 0 bridgehead atoms. The molecule has 1 saturated carbocycles. The predicted molar refractivity (Wildman–Crippen MR) is 86.4 cm³/mol. The SMILES string of the molecule is Nc1nc(NC2CCOCC2)nc(C2CCCCC2)c1[N+](=O)[O-]. The van der Waals surface area contributed by atoms with Crippen LogP contribution in [-0.2, 0) is 4.74 Å². The van der Waals surface area contributed by atoms with Crippen LogP contribution in [0.5, 0.6) is 0 Å². The monoisotopic (exact) mass is 321 g/mol. The van der Waals surface area contributed by atoms with E-state index in [4.69, 9.17) is 10.5 Å². The van der Waals surface area contributed by atoms with Gasteiger partial charge in [-0.05, 0) is 25.7 Å². The van der Waals surface area contributed by atoms with Crippen LogP contribution in [0.3, 0.4) is 0 Å². The summed E-state index contributed by atoms with van der Waals surface area (Å²) in [6.07, 6.45) is 6.93. The van der Waals surface area contributed by atoms with E-state index >= 15 is 0 Å². The minimum absolute atomic E-state index is 0.0415. The minimum atomic E-state index is -0.447. The highest BCUT2D eigenvalue weighted by Crippen LogP contribution is 2.38. The fraction of sp³-hybridized carbons (Fsp3) is 0.733. The van der Waals surface area contributed by atoms with Crippen molar-refractivity contribution in [2.45, 2.75) is 56.9 Å². The first-order chi connectivity index (χ1) is 11.1. The third-order valence-corrected chi connectivity index (χ3v) is 4.67. The summed E-state index contributed by atoms with van der Waals surface area (Å²) < 4.78 is 5.34. The fourth-order valence-electron chi connectivity index (χ4n) is 3.43. The summed E-state index contributed by atoms with van der Waals surface area (Å²) in [6.45, 7) is 1.41. The number of aromatic nitrogens is 2. The third-order valence-electron chi connectivity index (χ3n) is 4.67. The van der Waals surface area contributed by atoms with E-state index in [0.717, 1.165) is 38.5 Å². The number of nitrogens with zero attached hydrogens (tertiary/aromatic N) is 3. The number of nitrogen functional groups attached to an aromatic ring is 1. The fourth-order valence-corrected chi connectivity index (χ4v) is 3.43. The maximum absolute atomic E-state index is 11.4. The highest BCUT2D eigenvalue weighted by molar-refractivity contribution is 5.59. The van der Waals surface area contributed by atoms with Crippen molar-refractivity contribution in [3.63, 3.8) is 0 Å². The van der Waals surface area contributed by atoms with Gasteiger partial charge in [-0.3, -0.25) is 10.1 Å². The molecule has 0 spiro atoms. The lowest BCUT2D eigenvalue weighted by Gasteiger charge is -2.25. The smallest absolute Gasteiger partial charge is 0.332 e. The van der Waals surface area contributed by atoms with Crippen molar-refractivity contribution in [3.05, 3.63) is 15.8 Å². The van der Waals surface area contributed by atoms with Gasteiger partial charge in [0.25, 0.3) is 0 Å². The molecule has 1 aromatic heterocycles. The van der Waals surface area contributed by atoms with Crippen molar-refractivity contribution < 1.29 is 9.66 Å². The lowest BCUT2D eigenvalue weighted by atomic mass is 9.86. The quantitative estimate of drug-likeness (QED) is 0.646. The van der Waals surface area contributed by atoms with Gasteiger partial charge in [0.2, 0.25) is 11.8 Å². The van der Waals surface area contributed by atoms with Gasteiger partial charge in [0, 0.05) is 25.2 Å². The minimum Gasteiger partial charge on any atom is -0.381 e. The second-order valence-electron chi connectivity index (χ2n) is 6.29. The van der Waals surface area contributed by atoms with Crippen LogP contribution in [0.25, 0.3) is 0 Å². The molecule has 3 N–H and O–H groups in total. The molecule has 0 amide bonds. The van der Waals surface area contributed by atoms with Gasteiger partial charge in [-0.2, -0.15) is 4.98 Å². The van der Waals surface area contributed by atoms with E-state index in [0.29, 0.717) is 24.9 Å². The van der Waals surface area contributed by atoms with Crippen molar-refractivity contribution in [2.24, 2.45) is 0 Å². The maximum atomic E-state index is 11.4. The number of ether oxygens (including phenoxy) is 1. The van der Waals surface area contributed by atoms with Gasteiger partial charge in [-0.25, -0.2) is 4.98 Å². The standard InChI is InChI=1S/C15H23N5O3/c16-14-13(20(21)22)12(10-4-2-1-3-5-10)18-15(19-14)17-11-6-8-23-9-7-11/h10-11H,1-9H2,(H3,16,17,18,19). The molecule has 1 aliphatic heterocycles. The lowest BCUT2D eigenvalue weighted by Crippen LogP contribution is -2.29. The lowest BCUT2D eigenvalue weighted by molar-refractivity contribution is -0.385. The first kappa shape index (κ1) is 15.9. The van der Waals surface area contributed by atoms with Crippen LogP contribution in [0.4, 0.5) is 17.5 Å². The topological polar surface area (TPSA) is 116 Å². The Kier molecular flexibility index (Phi) is 4.90. The summed E-state index contributed by atoms with van der Waals surface area (Å²) in [6, 6.07) is 0.226. The first-order valence-corrected chi connectivity index (χ1v) is 8.31. The molecule has 8 nitrogen and oxygen atoms in total. The molecule has 2 fully saturated rings. The molecule has 2 heterocycles. The zero-order valence-corrected chi connectivity index (χ0v) is 13.2. The van der Waals surface area contributed by atoms with Crippen molar-refractivity contribution in [2.75, 3.05) is 24.3 Å². The third kappa shape index (κ3) is 3.69. The normalized spacial score (nSPS) is 20.3. The van der Waals surface area contributed by atoms with E-state index < -0.39 is 4.92 Å². The molecular formula is C15H23N5O3. The Morgan fingerprint density at radius 3 is 2.48 bits per heavy atom. The number of anilines is 2. The molecule has 1 aromatic rings. The largest absolute Gasteiger partial charge is 0.381 e. The van der Waals surface area contributed by atoms with Gasteiger partial charge in [-0.15, -0.1) is 0 Å². The summed E-state index contributed by atoms with van der Waals surface area (Å²) in [4.78, 5) is 19.6. The van der Waals surface area contributed by atoms with E-state index in [1.54, 1.807) is 0 Å². The van der Waals surface area contributed by atoms with Gasteiger partial charge in [-0.1, -0.05) is 19.3 Å². The summed E-state index contributed by atoms with van der Waals surface area (Å²) in [7, 11) is 0. The van der Waals surface area contributed by atoms with Crippen LogP contribution in [0.1, 0.15) is 56.6 Å². The van der Waals surface area contributed by atoms with Crippen LogP contribution in [0.2, 0.25) is 0 Å². The summed E-state index contributed by atoms with van der Waals surface area (Å²) in [5, 5.41) is 14.7. The average Bonchev–Trinajstić information content (AvgIpc) is 2.55. The molecule has 0 unspecified atom stereocenters. The molecule has 1 aliphatic carbocycles. The molecule has 23 heavy (non-hydrogen) atoms. The van der Waals surface area contributed by atoms with E-state index in [1.165, 1.54) is 6.42 Å². The summed E-state index contributed by atoms with van der Waals surface area (Å²) in [5.74, 6) is 0.463. The number of nitrogens with two attached hydrogens (primary N) is 1. The molecule has 0 atom stereocenters. The van der Waals surface area contributed by atoms with E-state index in [-0.39, 0.29) is 23.5 Å². The number of hydrogen-bond donors (Lipinski definition) is 2. The maximum Gasteiger partial charge on any atom is 0.332 e. The second kappa shape index (κ2) is 7.08. The molecular weight excluding hydrogens is 298 g/mol. The second-order valence-corrected chi connectivity index (χ2v) is 6.29. The molecule has 0 aromatic carbocycles. The summed E-state index contributed by atoms with van der Waals surface area (Å²) >= 11 is 0. The summed E-state index contributed by atoms with van der Waals surface area (Å²) in [5.41, 5.74) is 6.26. The van der Waals surface area contributed by atoms with Gasteiger partial charge in [0.15, 0.2) is 0 Å². The van der Waals surface area contributed by atoms with Crippen LogP contribution in [0, 0.1) is 10.1 Å². The average molecular weight is 321 g/mol. The van der Waals surface area contributed by atoms with Crippen LogP contribution >= 0.6 is 0 Å². The van der Waals surface area contributed by atoms with Gasteiger partial charge in [0.1, 0.15) is 5.69 Å². The number of hydrogen-bond acceptors (Lipinski definition) is 7. The predicted octanol–water partition coefficient (Wildman–Crippen LogP) is 2.61. The van der Waals surface area contributed by atoms with Crippen molar-refractivity contribution in [3.8, 4) is 0 Å². The number of rotatable bonds is 4. The van der Waals surface area contributed by atoms with E-state index in [2.05, 4.69) is 15.3 Å². The Labute approximate surface area is 135 Å². The van der Waals surface area contributed by atoms with Gasteiger partial charge in [0.05, 0.1) is 4.92 Å². The van der Waals surface area contributed by atoms with Gasteiger partial charge >= 0.3 is 5.69 Å². The Balaban J connectivity index is 1.88. The van der Waals surface area contributed by atoms with E-state index in [9.17, 15) is 10.1 Å². The molecule has 1 saturated heterocycles. The van der Waals surface area contributed by atoms with Crippen molar-refractivity contribution >= 4 is 17.5 Å². The molecule has 8 heteroatoms. The highest BCUT2D eigenvalue weighted by Gasteiger charge is 2.30. The Hall–Kier alpha value is -1.96. The number of nitro groups is 1. The van der Waals surface area contributed by atoms with Crippen LogP contribution in [-0.4, -0.2) is 34.1 Å². The Morgan fingerprint density at radius 1 is 1.13 bits per heavy atom. The van der Waals surface area contributed by atoms with E-state index in [1.807, 2.05) is 0 Å². The first-order valence-electron chi connectivity index (χ1n) is 8.31. The molecule has 126 valence electrons. The highest BCUT2D eigenvalue weighted by atomic mass is 16.6. The van der Waals surface area contributed by atoms with Gasteiger partial charge < -0.3 is 15.8 Å². The number of nitrogens with one attached hydrogen (secondary N) is 1. The molecule has 2 aliphatic rings. The van der Waals surface area contributed by atoms with Crippen molar-refractivity contribution in [1.82, 2.24) is 9.97 Å². The zero-order chi connectivity index (χ0) is 16.2. The Bertz CT molecular complexity index is 568. The van der Waals surface area contributed by atoms with Crippen LogP contribution < -0.4 is 11.1 Å².